The minimum atomic E-state index is -0.348. The molecule has 2 aliphatic heterocycles. The molecular formula is C24H22BrFN4O2S. The molecule has 3 aromatic rings. The molecule has 2 aromatic carbocycles. The monoisotopic (exact) mass is 528 g/mol. The Hall–Kier alpha value is -2.65. The SMILES string of the molecule is O=C(C1CC(=O)N(c2cccc(Br)c2)C1)N1CCCC(c2nnc(-c3ccccc3F)s2)C1. The quantitative estimate of drug-likeness (QED) is 0.484. The first-order valence-electron chi connectivity index (χ1n) is 10.9. The Balaban J connectivity index is 1.27. The Bertz CT molecular complexity index is 1200. The molecule has 0 radical (unpaired) electrons. The number of likely N-dealkylation sites (tertiary alicyclic amines) is 1. The van der Waals surface area contributed by atoms with Gasteiger partial charge in [0.15, 0.2) is 5.01 Å². The smallest absolute Gasteiger partial charge is 0.228 e. The van der Waals surface area contributed by atoms with Crippen LogP contribution in [0.5, 0.6) is 0 Å². The fourth-order valence-corrected chi connectivity index (χ4v) is 5.93. The molecule has 2 atom stereocenters. The number of hydrogen-bond donors (Lipinski definition) is 0. The van der Waals surface area contributed by atoms with Gasteiger partial charge in [0.25, 0.3) is 0 Å². The number of hydrogen-bond acceptors (Lipinski definition) is 5. The van der Waals surface area contributed by atoms with Gasteiger partial charge in [0.1, 0.15) is 10.8 Å². The van der Waals surface area contributed by atoms with Gasteiger partial charge >= 0.3 is 0 Å². The molecule has 6 nitrogen and oxygen atoms in total. The number of piperidine rings is 1. The van der Waals surface area contributed by atoms with Crippen LogP contribution in [-0.4, -0.2) is 46.5 Å². The largest absolute Gasteiger partial charge is 0.342 e. The number of amides is 2. The summed E-state index contributed by atoms with van der Waals surface area (Å²) < 4.78 is 15.0. The number of anilines is 1. The van der Waals surface area contributed by atoms with Crippen LogP contribution in [0.3, 0.4) is 0 Å². The molecule has 2 amide bonds. The van der Waals surface area contributed by atoms with E-state index in [1.54, 1.807) is 23.1 Å². The summed E-state index contributed by atoms with van der Waals surface area (Å²) in [5.74, 6) is -0.609. The molecule has 1 aromatic heterocycles. The average Bonchev–Trinajstić information content (AvgIpc) is 3.46. The van der Waals surface area contributed by atoms with Crippen LogP contribution >= 0.6 is 27.3 Å². The van der Waals surface area contributed by atoms with Gasteiger partial charge in [0.05, 0.1) is 5.92 Å². The number of aromatic nitrogens is 2. The maximum Gasteiger partial charge on any atom is 0.228 e. The highest BCUT2D eigenvalue weighted by Crippen LogP contribution is 2.35. The van der Waals surface area contributed by atoms with Crippen molar-refractivity contribution < 1.29 is 14.0 Å². The van der Waals surface area contributed by atoms with Crippen LogP contribution in [0, 0.1) is 11.7 Å². The molecule has 0 N–H and O–H groups in total. The van der Waals surface area contributed by atoms with Crippen LogP contribution in [0.1, 0.15) is 30.2 Å². The summed E-state index contributed by atoms with van der Waals surface area (Å²) in [7, 11) is 0. The minimum Gasteiger partial charge on any atom is -0.342 e. The van der Waals surface area contributed by atoms with Crippen LogP contribution in [0.4, 0.5) is 10.1 Å². The standard InChI is InChI=1S/C24H22BrFN4O2S/c25-17-6-3-7-18(12-17)30-14-16(11-21(30)31)24(32)29-10-4-5-15(13-29)22-27-28-23(33-22)19-8-1-2-9-20(19)26/h1-3,6-9,12,15-16H,4-5,10-11,13-14H2. The number of carbonyl (C=O) groups excluding carboxylic acids is 2. The van der Waals surface area contributed by atoms with Gasteiger partial charge in [0.2, 0.25) is 11.8 Å². The third-order valence-electron chi connectivity index (χ3n) is 6.22. The van der Waals surface area contributed by atoms with Crippen molar-refractivity contribution >= 4 is 44.8 Å². The summed E-state index contributed by atoms with van der Waals surface area (Å²) in [6.07, 6.45) is 1.99. The first-order chi connectivity index (χ1) is 16.0. The topological polar surface area (TPSA) is 66.4 Å². The van der Waals surface area contributed by atoms with E-state index in [1.807, 2.05) is 29.2 Å². The van der Waals surface area contributed by atoms with Crippen LogP contribution < -0.4 is 4.90 Å². The molecule has 2 aliphatic rings. The normalized spacial score (nSPS) is 21.0. The lowest BCUT2D eigenvalue weighted by molar-refractivity contribution is -0.137. The van der Waals surface area contributed by atoms with Crippen LogP contribution in [0.2, 0.25) is 0 Å². The molecule has 9 heteroatoms. The van der Waals surface area contributed by atoms with Crippen molar-refractivity contribution in [2.24, 2.45) is 5.92 Å². The van der Waals surface area contributed by atoms with Crippen molar-refractivity contribution in [3.05, 3.63) is 63.8 Å². The third kappa shape index (κ3) is 4.56. The van der Waals surface area contributed by atoms with Crippen LogP contribution in [0.25, 0.3) is 10.6 Å². The molecule has 170 valence electrons. The predicted molar refractivity (Wildman–Crippen MR) is 128 cm³/mol. The zero-order valence-corrected chi connectivity index (χ0v) is 20.2. The van der Waals surface area contributed by atoms with Crippen molar-refractivity contribution in [3.63, 3.8) is 0 Å². The molecule has 0 bridgehead atoms. The summed E-state index contributed by atoms with van der Waals surface area (Å²) in [5, 5.41) is 9.89. The Labute approximate surface area is 203 Å². The lowest BCUT2D eigenvalue weighted by Crippen LogP contribution is -2.43. The molecule has 33 heavy (non-hydrogen) atoms. The summed E-state index contributed by atoms with van der Waals surface area (Å²) in [6, 6.07) is 14.1. The van der Waals surface area contributed by atoms with E-state index in [4.69, 9.17) is 0 Å². The van der Waals surface area contributed by atoms with E-state index in [9.17, 15) is 14.0 Å². The summed E-state index contributed by atoms with van der Waals surface area (Å²) >= 11 is 4.83. The van der Waals surface area contributed by atoms with Gasteiger partial charge in [-0.25, -0.2) is 4.39 Å². The third-order valence-corrected chi connectivity index (χ3v) is 7.83. The number of nitrogens with zero attached hydrogens (tertiary/aromatic N) is 4. The second kappa shape index (κ2) is 9.30. The molecule has 5 rings (SSSR count). The van der Waals surface area contributed by atoms with Crippen molar-refractivity contribution in [1.82, 2.24) is 15.1 Å². The molecule has 2 unspecified atom stereocenters. The maximum absolute atomic E-state index is 14.1. The van der Waals surface area contributed by atoms with E-state index in [-0.39, 0.29) is 35.9 Å². The highest BCUT2D eigenvalue weighted by molar-refractivity contribution is 9.10. The lowest BCUT2D eigenvalue weighted by atomic mass is 9.97. The van der Waals surface area contributed by atoms with Crippen molar-refractivity contribution in [3.8, 4) is 10.6 Å². The average molecular weight is 529 g/mol. The molecule has 3 heterocycles. The van der Waals surface area contributed by atoms with Gasteiger partial charge in [-0.3, -0.25) is 9.59 Å². The van der Waals surface area contributed by atoms with Crippen molar-refractivity contribution in [1.29, 1.82) is 0 Å². The predicted octanol–water partition coefficient (Wildman–Crippen LogP) is 4.87. The lowest BCUT2D eigenvalue weighted by Gasteiger charge is -2.33. The van der Waals surface area contributed by atoms with Gasteiger partial charge in [-0.2, -0.15) is 0 Å². The number of benzene rings is 2. The van der Waals surface area contributed by atoms with E-state index in [0.29, 0.717) is 30.2 Å². The first-order valence-corrected chi connectivity index (χ1v) is 12.5. The van der Waals surface area contributed by atoms with Gasteiger partial charge in [0, 0.05) is 47.7 Å². The summed E-state index contributed by atoms with van der Waals surface area (Å²) in [6.45, 7) is 1.62. The molecular weight excluding hydrogens is 507 g/mol. The molecule has 2 saturated heterocycles. The molecule has 0 spiro atoms. The van der Waals surface area contributed by atoms with Crippen LogP contribution in [0.15, 0.2) is 53.0 Å². The van der Waals surface area contributed by atoms with E-state index >= 15 is 0 Å². The maximum atomic E-state index is 14.1. The highest BCUT2D eigenvalue weighted by Gasteiger charge is 2.39. The molecule has 0 aliphatic carbocycles. The highest BCUT2D eigenvalue weighted by atomic mass is 79.9. The zero-order valence-electron chi connectivity index (χ0n) is 17.8. The van der Waals surface area contributed by atoms with E-state index in [0.717, 1.165) is 28.0 Å². The number of rotatable bonds is 4. The van der Waals surface area contributed by atoms with Crippen molar-refractivity contribution in [2.45, 2.75) is 25.2 Å². The van der Waals surface area contributed by atoms with Crippen LogP contribution in [-0.2, 0) is 9.59 Å². The van der Waals surface area contributed by atoms with E-state index in [2.05, 4.69) is 26.1 Å². The summed E-state index contributed by atoms with van der Waals surface area (Å²) in [4.78, 5) is 29.5. The number of halogens is 2. The summed E-state index contributed by atoms with van der Waals surface area (Å²) in [5.41, 5.74) is 1.25. The zero-order chi connectivity index (χ0) is 22.9. The van der Waals surface area contributed by atoms with Gasteiger partial charge in [-0.1, -0.05) is 45.5 Å². The Morgan fingerprint density at radius 1 is 1.12 bits per heavy atom. The van der Waals surface area contributed by atoms with E-state index < -0.39 is 0 Å². The number of carbonyl (C=O) groups is 2. The molecule has 2 fully saturated rings. The molecule has 0 saturated carbocycles. The Kier molecular flexibility index (Phi) is 6.25. The van der Waals surface area contributed by atoms with Crippen molar-refractivity contribution in [2.75, 3.05) is 24.5 Å². The van der Waals surface area contributed by atoms with Gasteiger partial charge < -0.3 is 9.80 Å². The fourth-order valence-electron chi connectivity index (χ4n) is 4.55. The Morgan fingerprint density at radius 2 is 1.97 bits per heavy atom. The second-order valence-corrected chi connectivity index (χ2v) is 10.4. The van der Waals surface area contributed by atoms with Gasteiger partial charge in [-0.05, 0) is 43.2 Å². The van der Waals surface area contributed by atoms with Gasteiger partial charge in [-0.15, -0.1) is 10.2 Å². The second-order valence-electron chi connectivity index (χ2n) is 8.43. The Morgan fingerprint density at radius 3 is 2.79 bits per heavy atom. The first kappa shape index (κ1) is 22.2. The minimum absolute atomic E-state index is 0.0180. The van der Waals surface area contributed by atoms with E-state index in [1.165, 1.54) is 17.4 Å². The fraction of sp³-hybridized carbons (Fsp3) is 0.333.